The quantitative estimate of drug-likeness (QED) is 0.623. The molecular weight excluding hydrogens is 168 g/mol. The standard InChI is InChI=1S/C10H22OS/c1-4-5-6-7-10(2,3)12-9-8-11/h11H,4-9H2,1-3H3. The first-order valence-electron chi connectivity index (χ1n) is 4.87. The lowest BCUT2D eigenvalue weighted by Gasteiger charge is -2.23. The topological polar surface area (TPSA) is 20.2 Å². The predicted molar refractivity (Wildman–Crippen MR) is 57.8 cm³/mol. The highest BCUT2D eigenvalue weighted by molar-refractivity contribution is 8.00. The van der Waals surface area contributed by atoms with E-state index in [1.54, 1.807) is 0 Å². The van der Waals surface area contributed by atoms with E-state index in [9.17, 15) is 0 Å². The van der Waals surface area contributed by atoms with E-state index in [1.165, 1.54) is 25.7 Å². The molecule has 0 aliphatic rings. The van der Waals surface area contributed by atoms with Crippen molar-refractivity contribution in [3.8, 4) is 0 Å². The number of aliphatic hydroxyl groups is 1. The lowest BCUT2D eigenvalue weighted by molar-refractivity contribution is 0.322. The van der Waals surface area contributed by atoms with Crippen LogP contribution in [0.15, 0.2) is 0 Å². The molecule has 1 N–H and O–H groups in total. The Morgan fingerprint density at radius 2 is 1.92 bits per heavy atom. The molecule has 0 saturated carbocycles. The minimum Gasteiger partial charge on any atom is -0.396 e. The highest BCUT2D eigenvalue weighted by Gasteiger charge is 2.16. The molecule has 74 valence electrons. The number of hydrogen-bond acceptors (Lipinski definition) is 2. The summed E-state index contributed by atoms with van der Waals surface area (Å²) in [6.45, 7) is 7.07. The minimum atomic E-state index is 0.307. The van der Waals surface area contributed by atoms with Crippen molar-refractivity contribution < 1.29 is 5.11 Å². The second-order valence-electron chi connectivity index (χ2n) is 3.79. The SMILES string of the molecule is CCCCCC(C)(C)SCCO. The van der Waals surface area contributed by atoms with Crippen molar-refractivity contribution in [2.45, 2.75) is 51.2 Å². The van der Waals surface area contributed by atoms with Crippen LogP contribution < -0.4 is 0 Å². The fraction of sp³-hybridized carbons (Fsp3) is 1.00. The molecule has 0 spiro atoms. The van der Waals surface area contributed by atoms with Crippen LogP contribution in [0.25, 0.3) is 0 Å². The predicted octanol–water partition coefficient (Wildman–Crippen LogP) is 3.07. The van der Waals surface area contributed by atoms with Gasteiger partial charge in [0.15, 0.2) is 0 Å². The van der Waals surface area contributed by atoms with Crippen molar-refractivity contribution in [2.75, 3.05) is 12.4 Å². The third-order valence-electron chi connectivity index (χ3n) is 1.97. The summed E-state index contributed by atoms with van der Waals surface area (Å²) < 4.78 is 0.359. The van der Waals surface area contributed by atoms with Crippen LogP contribution >= 0.6 is 11.8 Å². The van der Waals surface area contributed by atoms with Gasteiger partial charge >= 0.3 is 0 Å². The van der Waals surface area contributed by atoms with Gasteiger partial charge in [-0.25, -0.2) is 0 Å². The van der Waals surface area contributed by atoms with Crippen LogP contribution in [-0.2, 0) is 0 Å². The second-order valence-corrected chi connectivity index (χ2v) is 5.59. The lowest BCUT2D eigenvalue weighted by atomic mass is 10.0. The van der Waals surface area contributed by atoms with E-state index in [-0.39, 0.29) is 0 Å². The maximum Gasteiger partial charge on any atom is 0.0521 e. The van der Waals surface area contributed by atoms with E-state index in [2.05, 4.69) is 20.8 Å². The van der Waals surface area contributed by atoms with E-state index in [0.29, 0.717) is 11.4 Å². The van der Waals surface area contributed by atoms with Gasteiger partial charge in [0.1, 0.15) is 0 Å². The van der Waals surface area contributed by atoms with Crippen LogP contribution in [0.3, 0.4) is 0 Å². The first-order valence-corrected chi connectivity index (χ1v) is 5.86. The zero-order valence-corrected chi connectivity index (χ0v) is 9.41. The van der Waals surface area contributed by atoms with Crippen LogP contribution in [-0.4, -0.2) is 22.2 Å². The number of hydrogen-bond donors (Lipinski definition) is 1. The molecule has 2 heteroatoms. The molecule has 12 heavy (non-hydrogen) atoms. The molecular formula is C10H22OS. The molecule has 0 amide bonds. The van der Waals surface area contributed by atoms with E-state index in [4.69, 9.17) is 5.11 Å². The molecule has 0 fully saturated rings. The summed E-state index contributed by atoms with van der Waals surface area (Å²) in [5, 5.41) is 8.68. The molecule has 0 aromatic rings. The van der Waals surface area contributed by atoms with E-state index < -0.39 is 0 Å². The van der Waals surface area contributed by atoms with Crippen LogP contribution in [0, 0.1) is 0 Å². The third-order valence-corrected chi connectivity index (χ3v) is 3.34. The molecule has 0 saturated heterocycles. The summed E-state index contributed by atoms with van der Waals surface area (Å²) in [6.07, 6.45) is 5.22. The lowest BCUT2D eigenvalue weighted by Crippen LogP contribution is -2.15. The molecule has 0 aliphatic carbocycles. The van der Waals surface area contributed by atoms with Gasteiger partial charge in [-0.1, -0.05) is 40.0 Å². The highest BCUT2D eigenvalue weighted by Crippen LogP contribution is 2.29. The molecule has 0 radical (unpaired) electrons. The normalized spacial score (nSPS) is 12.0. The smallest absolute Gasteiger partial charge is 0.0521 e. The van der Waals surface area contributed by atoms with Gasteiger partial charge in [-0.05, 0) is 6.42 Å². The van der Waals surface area contributed by atoms with E-state index in [0.717, 1.165) is 5.75 Å². The summed E-state index contributed by atoms with van der Waals surface area (Å²) in [5.74, 6) is 0.874. The molecule has 0 unspecified atom stereocenters. The fourth-order valence-corrected chi connectivity index (χ4v) is 2.13. The summed E-state index contributed by atoms with van der Waals surface area (Å²) in [6, 6.07) is 0. The average molecular weight is 190 g/mol. The Bertz CT molecular complexity index is 102. The van der Waals surface area contributed by atoms with Gasteiger partial charge in [0, 0.05) is 10.5 Å². The maximum atomic E-state index is 8.68. The van der Waals surface area contributed by atoms with Crippen molar-refractivity contribution in [1.29, 1.82) is 0 Å². The fourth-order valence-electron chi connectivity index (χ4n) is 1.19. The van der Waals surface area contributed by atoms with Gasteiger partial charge in [0.05, 0.1) is 6.61 Å². The van der Waals surface area contributed by atoms with Crippen molar-refractivity contribution in [3.05, 3.63) is 0 Å². The minimum absolute atomic E-state index is 0.307. The van der Waals surface area contributed by atoms with Gasteiger partial charge in [0.2, 0.25) is 0 Å². The Kier molecular flexibility index (Phi) is 6.96. The Morgan fingerprint density at radius 1 is 1.25 bits per heavy atom. The van der Waals surface area contributed by atoms with Gasteiger partial charge in [0.25, 0.3) is 0 Å². The Labute approximate surface area is 80.9 Å². The maximum absolute atomic E-state index is 8.68. The second kappa shape index (κ2) is 6.79. The van der Waals surface area contributed by atoms with E-state index in [1.807, 2.05) is 11.8 Å². The summed E-state index contributed by atoms with van der Waals surface area (Å²) >= 11 is 1.88. The van der Waals surface area contributed by atoms with Crippen LogP contribution in [0.2, 0.25) is 0 Å². The molecule has 0 bridgehead atoms. The largest absolute Gasteiger partial charge is 0.396 e. The Morgan fingerprint density at radius 3 is 2.42 bits per heavy atom. The molecule has 0 heterocycles. The monoisotopic (exact) mass is 190 g/mol. The third kappa shape index (κ3) is 6.99. The summed E-state index contributed by atoms with van der Waals surface area (Å²) in [7, 11) is 0. The zero-order chi connectivity index (χ0) is 9.45. The number of aliphatic hydroxyl groups excluding tert-OH is 1. The first kappa shape index (κ1) is 12.3. The van der Waals surface area contributed by atoms with Crippen molar-refractivity contribution in [3.63, 3.8) is 0 Å². The van der Waals surface area contributed by atoms with Gasteiger partial charge < -0.3 is 5.11 Å². The van der Waals surface area contributed by atoms with Crippen molar-refractivity contribution in [2.24, 2.45) is 0 Å². The van der Waals surface area contributed by atoms with Gasteiger partial charge in [-0.2, -0.15) is 11.8 Å². The van der Waals surface area contributed by atoms with E-state index >= 15 is 0 Å². The van der Waals surface area contributed by atoms with Crippen molar-refractivity contribution in [1.82, 2.24) is 0 Å². The van der Waals surface area contributed by atoms with Gasteiger partial charge in [-0.3, -0.25) is 0 Å². The Balaban J connectivity index is 3.42. The molecule has 0 aliphatic heterocycles. The number of rotatable bonds is 7. The molecule has 1 nitrogen and oxygen atoms in total. The highest BCUT2D eigenvalue weighted by atomic mass is 32.2. The number of thioether (sulfide) groups is 1. The number of unbranched alkanes of at least 4 members (excludes halogenated alkanes) is 2. The van der Waals surface area contributed by atoms with Crippen molar-refractivity contribution >= 4 is 11.8 Å². The molecule has 0 aromatic carbocycles. The average Bonchev–Trinajstić information content (AvgIpc) is 2.01. The Hall–Kier alpha value is 0.310. The van der Waals surface area contributed by atoms with Crippen LogP contribution in [0.5, 0.6) is 0 Å². The first-order chi connectivity index (χ1) is 5.62. The molecule has 0 atom stereocenters. The summed E-state index contributed by atoms with van der Waals surface area (Å²) in [4.78, 5) is 0. The zero-order valence-electron chi connectivity index (χ0n) is 8.60. The van der Waals surface area contributed by atoms with Gasteiger partial charge in [-0.15, -0.1) is 0 Å². The summed E-state index contributed by atoms with van der Waals surface area (Å²) in [5.41, 5.74) is 0. The van der Waals surface area contributed by atoms with Crippen LogP contribution in [0.4, 0.5) is 0 Å². The molecule has 0 aromatic heterocycles. The molecule has 0 rings (SSSR count). The van der Waals surface area contributed by atoms with Crippen LogP contribution in [0.1, 0.15) is 46.5 Å².